The standard InChI is InChI=1S/C29H40O4Si/c1-5-7-19-34-28(8-6-2)31-20-24(21-32-34)10-9-23-11-13-25(14-12-23)26-15-17-27(18-16-26)33-29(30)22(3)4/h11-18,24,28,34H,3,5-10,19-21H2,1-2,4H3/t24?,28-,34?/m0/s1. The van der Waals surface area contributed by atoms with Crippen molar-refractivity contribution in [1.82, 2.24) is 0 Å². The number of aryl methyl sites for hydroxylation is 1. The molecular weight excluding hydrogens is 440 g/mol. The molecule has 2 aromatic carbocycles. The van der Waals surface area contributed by atoms with E-state index in [-0.39, 0.29) is 0 Å². The normalized spacial score (nSPS) is 20.5. The van der Waals surface area contributed by atoms with E-state index < -0.39 is 15.0 Å². The fraction of sp³-hybridized carbons (Fsp3) is 0.483. The molecule has 1 aliphatic heterocycles. The lowest BCUT2D eigenvalue weighted by atomic mass is 9.98. The average Bonchev–Trinajstić information content (AvgIpc) is 3.04. The SMILES string of the molecule is C=C(C)C(=O)Oc1ccc(-c2ccc(CCC3CO[C@H](CCC)[SiH](CCCC)OC3)cc2)cc1. The predicted molar refractivity (Wildman–Crippen MR) is 142 cm³/mol. The maximum absolute atomic E-state index is 11.7. The van der Waals surface area contributed by atoms with Gasteiger partial charge >= 0.3 is 5.97 Å². The van der Waals surface area contributed by atoms with Gasteiger partial charge < -0.3 is 13.9 Å². The summed E-state index contributed by atoms with van der Waals surface area (Å²) in [5.41, 5.74) is 4.36. The topological polar surface area (TPSA) is 44.8 Å². The van der Waals surface area contributed by atoms with Crippen molar-refractivity contribution in [1.29, 1.82) is 0 Å². The molecule has 1 saturated heterocycles. The number of carbonyl (C=O) groups excluding carboxylic acids is 1. The van der Waals surface area contributed by atoms with Crippen LogP contribution < -0.4 is 4.74 Å². The number of rotatable bonds is 11. The second-order valence-electron chi connectivity index (χ2n) is 9.47. The maximum Gasteiger partial charge on any atom is 0.338 e. The van der Waals surface area contributed by atoms with Crippen molar-refractivity contribution in [3.63, 3.8) is 0 Å². The summed E-state index contributed by atoms with van der Waals surface area (Å²) < 4.78 is 18.1. The molecule has 0 saturated carbocycles. The zero-order valence-electron chi connectivity index (χ0n) is 21.1. The van der Waals surface area contributed by atoms with Crippen LogP contribution in [0.4, 0.5) is 0 Å². The van der Waals surface area contributed by atoms with Crippen LogP contribution in [-0.2, 0) is 20.4 Å². The van der Waals surface area contributed by atoms with Crippen LogP contribution in [0.5, 0.6) is 5.75 Å². The van der Waals surface area contributed by atoms with Crippen LogP contribution in [0.3, 0.4) is 0 Å². The summed E-state index contributed by atoms with van der Waals surface area (Å²) in [4.78, 5) is 11.7. The van der Waals surface area contributed by atoms with Gasteiger partial charge in [0.25, 0.3) is 0 Å². The van der Waals surface area contributed by atoms with Gasteiger partial charge in [0.1, 0.15) is 5.75 Å². The van der Waals surface area contributed by atoms with Crippen LogP contribution in [0, 0.1) is 5.92 Å². The molecule has 0 N–H and O–H groups in total. The van der Waals surface area contributed by atoms with Gasteiger partial charge in [0.15, 0.2) is 0 Å². The van der Waals surface area contributed by atoms with Crippen LogP contribution >= 0.6 is 0 Å². The third-order valence-corrected chi connectivity index (χ3v) is 9.42. The highest BCUT2D eigenvalue weighted by Crippen LogP contribution is 2.25. The van der Waals surface area contributed by atoms with Crippen molar-refractivity contribution < 1.29 is 18.7 Å². The average molecular weight is 481 g/mol. The van der Waals surface area contributed by atoms with E-state index in [2.05, 4.69) is 44.7 Å². The zero-order valence-corrected chi connectivity index (χ0v) is 22.2. The van der Waals surface area contributed by atoms with Crippen molar-refractivity contribution in [3.8, 4) is 16.9 Å². The minimum Gasteiger partial charge on any atom is -0.423 e. The summed E-state index contributed by atoms with van der Waals surface area (Å²) in [6, 6.07) is 17.6. The summed E-state index contributed by atoms with van der Waals surface area (Å²) in [6.07, 6.45) is 6.94. The molecule has 34 heavy (non-hydrogen) atoms. The Morgan fingerprint density at radius 1 is 1.00 bits per heavy atom. The van der Waals surface area contributed by atoms with E-state index in [4.69, 9.17) is 13.9 Å². The van der Waals surface area contributed by atoms with E-state index in [9.17, 15) is 4.79 Å². The first-order chi connectivity index (χ1) is 16.5. The van der Waals surface area contributed by atoms with Gasteiger partial charge in [0, 0.05) is 18.1 Å². The Kier molecular flexibility index (Phi) is 10.6. The van der Waals surface area contributed by atoms with Gasteiger partial charge in [0.05, 0.1) is 12.3 Å². The Hall–Kier alpha value is -2.21. The first-order valence-corrected chi connectivity index (χ1v) is 14.8. The Balaban J connectivity index is 1.52. The Labute approximate surface area is 207 Å². The molecule has 0 radical (unpaired) electrons. The summed E-state index contributed by atoms with van der Waals surface area (Å²) >= 11 is 0. The largest absolute Gasteiger partial charge is 0.423 e. The second kappa shape index (κ2) is 13.6. The molecule has 1 fully saturated rings. The summed E-state index contributed by atoms with van der Waals surface area (Å²) in [5.74, 6) is 0.608. The molecule has 4 nitrogen and oxygen atoms in total. The molecule has 0 bridgehead atoms. The molecule has 2 aromatic rings. The molecule has 2 unspecified atom stereocenters. The van der Waals surface area contributed by atoms with E-state index >= 15 is 0 Å². The number of hydrogen-bond acceptors (Lipinski definition) is 4. The molecule has 3 rings (SSSR count). The number of unbranched alkanes of at least 4 members (excludes halogenated alkanes) is 1. The van der Waals surface area contributed by atoms with Gasteiger partial charge in [-0.3, -0.25) is 0 Å². The molecule has 184 valence electrons. The van der Waals surface area contributed by atoms with Gasteiger partial charge in [-0.2, -0.15) is 0 Å². The van der Waals surface area contributed by atoms with Crippen molar-refractivity contribution in [2.75, 3.05) is 13.2 Å². The van der Waals surface area contributed by atoms with E-state index in [1.54, 1.807) is 6.92 Å². The van der Waals surface area contributed by atoms with Crippen LogP contribution in [-0.4, -0.2) is 34.0 Å². The van der Waals surface area contributed by atoms with Gasteiger partial charge in [-0.25, -0.2) is 4.79 Å². The van der Waals surface area contributed by atoms with Crippen molar-refractivity contribution in [3.05, 3.63) is 66.2 Å². The summed E-state index contributed by atoms with van der Waals surface area (Å²) in [5, 5.41) is 0. The highest BCUT2D eigenvalue weighted by atomic mass is 28.3. The summed E-state index contributed by atoms with van der Waals surface area (Å²) in [7, 11) is -1.27. The molecule has 1 heterocycles. The highest BCUT2D eigenvalue weighted by Gasteiger charge is 2.29. The summed E-state index contributed by atoms with van der Waals surface area (Å²) in [6.45, 7) is 11.4. The lowest BCUT2D eigenvalue weighted by Crippen LogP contribution is -2.34. The molecule has 3 atom stereocenters. The number of carbonyl (C=O) groups is 1. The van der Waals surface area contributed by atoms with Crippen LogP contribution in [0.15, 0.2) is 60.7 Å². The minimum atomic E-state index is -1.27. The number of hydrogen-bond donors (Lipinski definition) is 0. The van der Waals surface area contributed by atoms with Crippen LogP contribution in [0.1, 0.15) is 58.4 Å². The van der Waals surface area contributed by atoms with Gasteiger partial charge in [-0.05, 0) is 61.1 Å². The number of esters is 1. The Morgan fingerprint density at radius 3 is 2.29 bits per heavy atom. The molecule has 5 heteroatoms. The van der Waals surface area contributed by atoms with E-state index in [0.29, 0.717) is 23.0 Å². The first-order valence-electron chi connectivity index (χ1n) is 12.8. The van der Waals surface area contributed by atoms with Crippen LogP contribution in [0.2, 0.25) is 6.04 Å². The van der Waals surface area contributed by atoms with Gasteiger partial charge in [-0.15, -0.1) is 0 Å². The van der Waals surface area contributed by atoms with Gasteiger partial charge in [-0.1, -0.05) is 76.1 Å². The van der Waals surface area contributed by atoms with Gasteiger partial charge in [0.2, 0.25) is 9.04 Å². The maximum atomic E-state index is 11.7. The first kappa shape index (κ1) is 26.4. The fourth-order valence-corrected chi connectivity index (χ4v) is 7.44. The zero-order chi connectivity index (χ0) is 24.3. The lowest BCUT2D eigenvalue weighted by Gasteiger charge is -2.22. The minimum absolute atomic E-state index is 0.386. The fourth-order valence-electron chi connectivity index (χ4n) is 4.32. The lowest BCUT2D eigenvalue weighted by molar-refractivity contribution is -0.130. The third-order valence-electron chi connectivity index (χ3n) is 6.46. The Morgan fingerprint density at radius 2 is 1.68 bits per heavy atom. The third kappa shape index (κ3) is 7.93. The van der Waals surface area contributed by atoms with E-state index in [1.807, 2.05) is 24.3 Å². The number of ether oxygens (including phenoxy) is 2. The number of benzene rings is 2. The predicted octanol–water partition coefficient (Wildman–Crippen LogP) is 6.66. The van der Waals surface area contributed by atoms with Crippen molar-refractivity contribution in [2.45, 2.75) is 71.1 Å². The van der Waals surface area contributed by atoms with E-state index in [0.717, 1.165) is 43.6 Å². The second-order valence-corrected chi connectivity index (χ2v) is 12.2. The molecule has 0 aliphatic carbocycles. The van der Waals surface area contributed by atoms with Crippen molar-refractivity contribution >= 4 is 15.0 Å². The molecule has 0 aromatic heterocycles. The smallest absolute Gasteiger partial charge is 0.338 e. The Bertz CT molecular complexity index is 907. The monoisotopic (exact) mass is 480 g/mol. The molecule has 0 spiro atoms. The molecule has 0 amide bonds. The van der Waals surface area contributed by atoms with Crippen LogP contribution in [0.25, 0.3) is 11.1 Å². The molecule has 1 aliphatic rings. The van der Waals surface area contributed by atoms with Crippen molar-refractivity contribution in [2.24, 2.45) is 5.92 Å². The molecular formula is C29H40O4Si. The quantitative estimate of drug-likeness (QED) is 0.156. The highest BCUT2D eigenvalue weighted by molar-refractivity contribution is 6.53. The van der Waals surface area contributed by atoms with E-state index in [1.165, 1.54) is 30.9 Å².